The van der Waals surface area contributed by atoms with E-state index in [2.05, 4.69) is 37.2 Å². The Morgan fingerprint density at radius 1 is 1.17 bits per heavy atom. The van der Waals surface area contributed by atoms with E-state index in [-0.39, 0.29) is 12.5 Å². The molecule has 3 rings (SSSR count). The summed E-state index contributed by atoms with van der Waals surface area (Å²) < 4.78 is 5.79. The highest BCUT2D eigenvalue weighted by Crippen LogP contribution is 2.30. The molecule has 30 heavy (non-hydrogen) atoms. The Morgan fingerprint density at radius 3 is 2.63 bits per heavy atom. The third kappa shape index (κ3) is 5.92. The molecule has 0 bridgehead atoms. The minimum Gasteiger partial charge on any atom is -0.491 e. The Morgan fingerprint density at radius 2 is 1.93 bits per heavy atom. The van der Waals surface area contributed by atoms with Crippen LogP contribution in [-0.4, -0.2) is 54.5 Å². The van der Waals surface area contributed by atoms with E-state index in [1.807, 2.05) is 31.3 Å². The second-order valence-electron chi connectivity index (χ2n) is 8.58. The largest absolute Gasteiger partial charge is 0.491 e. The van der Waals surface area contributed by atoms with Crippen molar-refractivity contribution < 1.29 is 9.84 Å². The van der Waals surface area contributed by atoms with Crippen LogP contribution >= 0.6 is 0 Å². The molecule has 1 aromatic carbocycles. The molecule has 1 saturated carbocycles. The number of hydrogen-bond donors (Lipinski definition) is 2. The smallest absolute Gasteiger partial charge is 0.133 e. The topological polar surface area (TPSA) is 70.5 Å². The number of aromatic nitrogens is 2. The van der Waals surface area contributed by atoms with Gasteiger partial charge in [-0.2, -0.15) is 0 Å². The number of aliphatic hydroxyl groups is 1. The minimum atomic E-state index is -0.541. The second kappa shape index (κ2) is 10.7. The first-order valence-corrected chi connectivity index (χ1v) is 11.2. The lowest BCUT2D eigenvalue weighted by Gasteiger charge is -2.32. The molecule has 0 saturated heterocycles. The first kappa shape index (κ1) is 22.5. The number of nitrogens with zero attached hydrogens (tertiary/aromatic N) is 3. The fourth-order valence-corrected chi connectivity index (χ4v) is 3.93. The third-order valence-electron chi connectivity index (χ3n) is 5.74. The number of likely N-dealkylation sites (N-methyl/N-ethyl adjacent to an activating group) is 1. The lowest BCUT2D eigenvalue weighted by molar-refractivity contribution is 0.108. The number of hydrogen-bond acceptors (Lipinski definition) is 6. The zero-order chi connectivity index (χ0) is 21.5. The molecule has 1 atom stereocenters. The minimum absolute atomic E-state index is 0.250. The first-order chi connectivity index (χ1) is 14.5. The van der Waals surface area contributed by atoms with Crippen LogP contribution in [-0.2, 0) is 0 Å². The molecule has 2 N–H and O–H groups in total. The molecular weight excluding hydrogens is 376 g/mol. The lowest BCUT2D eigenvalue weighted by Crippen LogP contribution is -2.34. The van der Waals surface area contributed by atoms with Crippen molar-refractivity contribution in [2.45, 2.75) is 64.0 Å². The zero-order valence-corrected chi connectivity index (χ0v) is 18.8. The van der Waals surface area contributed by atoms with Crippen LogP contribution in [0, 0.1) is 0 Å². The molecule has 0 aliphatic heterocycles. The van der Waals surface area contributed by atoms with Crippen molar-refractivity contribution in [2.24, 2.45) is 0 Å². The standard InChI is InChI=1S/C24H36N4O2/c1-17(2)24-26-22(14-23(27-24)28(4)19-10-6-5-7-11-19)18-9-8-12-21(13-18)30-16-20(29)15-25-3/h8-9,12-14,17,19-20,25,29H,5-7,10-11,15-16H2,1-4H3. The van der Waals surface area contributed by atoms with Gasteiger partial charge in [0.15, 0.2) is 0 Å². The summed E-state index contributed by atoms with van der Waals surface area (Å²) in [7, 11) is 3.97. The Hall–Kier alpha value is -2.18. The van der Waals surface area contributed by atoms with Gasteiger partial charge in [-0.25, -0.2) is 9.97 Å². The van der Waals surface area contributed by atoms with Gasteiger partial charge in [0, 0.05) is 37.2 Å². The normalized spacial score (nSPS) is 15.9. The van der Waals surface area contributed by atoms with Crippen LogP contribution in [0.1, 0.15) is 57.7 Å². The van der Waals surface area contributed by atoms with Crippen LogP contribution in [0.2, 0.25) is 0 Å². The van der Waals surface area contributed by atoms with Gasteiger partial charge in [0.2, 0.25) is 0 Å². The SMILES string of the molecule is CNCC(O)COc1cccc(-c2cc(N(C)C3CCCCC3)nc(C(C)C)n2)c1. The van der Waals surface area contributed by atoms with Gasteiger partial charge in [0.05, 0.1) is 5.69 Å². The van der Waals surface area contributed by atoms with Gasteiger partial charge in [0.25, 0.3) is 0 Å². The number of benzene rings is 1. The van der Waals surface area contributed by atoms with E-state index in [1.54, 1.807) is 0 Å². The summed E-state index contributed by atoms with van der Waals surface area (Å²) in [6.07, 6.45) is 5.84. The second-order valence-corrected chi connectivity index (χ2v) is 8.58. The Labute approximate surface area is 180 Å². The molecule has 1 aromatic heterocycles. The van der Waals surface area contributed by atoms with Crippen LogP contribution in [0.4, 0.5) is 5.82 Å². The van der Waals surface area contributed by atoms with Gasteiger partial charge in [0.1, 0.15) is 30.1 Å². The summed E-state index contributed by atoms with van der Waals surface area (Å²) in [6, 6.07) is 10.6. The summed E-state index contributed by atoms with van der Waals surface area (Å²) >= 11 is 0. The highest BCUT2D eigenvalue weighted by atomic mass is 16.5. The van der Waals surface area contributed by atoms with Crippen LogP contribution in [0.15, 0.2) is 30.3 Å². The predicted octanol–water partition coefficient (Wildman–Crippen LogP) is 4.00. The molecule has 1 aliphatic carbocycles. The van der Waals surface area contributed by atoms with Crippen molar-refractivity contribution in [3.63, 3.8) is 0 Å². The van der Waals surface area contributed by atoms with E-state index in [1.165, 1.54) is 32.1 Å². The zero-order valence-electron chi connectivity index (χ0n) is 18.8. The van der Waals surface area contributed by atoms with Crippen molar-refractivity contribution in [1.29, 1.82) is 0 Å². The van der Waals surface area contributed by atoms with E-state index < -0.39 is 6.10 Å². The Kier molecular flexibility index (Phi) is 8.05. The summed E-state index contributed by atoms with van der Waals surface area (Å²) in [5, 5.41) is 12.9. The predicted molar refractivity (Wildman–Crippen MR) is 122 cm³/mol. The van der Waals surface area contributed by atoms with Crippen LogP contribution < -0.4 is 15.0 Å². The van der Waals surface area contributed by atoms with Crippen molar-refractivity contribution in [3.05, 3.63) is 36.2 Å². The van der Waals surface area contributed by atoms with Gasteiger partial charge < -0.3 is 20.1 Å². The highest BCUT2D eigenvalue weighted by molar-refractivity contribution is 5.64. The molecule has 6 nitrogen and oxygen atoms in total. The molecule has 1 unspecified atom stereocenters. The van der Waals surface area contributed by atoms with E-state index in [0.717, 1.165) is 28.6 Å². The Bertz CT molecular complexity index is 806. The number of ether oxygens (including phenoxy) is 1. The van der Waals surface area contributed by atoms with Crippen LogP contribution in [0.3, 0.4) is 0 Å². The number of rotatable bonds is 9. The van der Waals surface area contributed by atoms with Gasteiger partial charge in [-0.1, -0.05) is 45.2 Å². The molecule has 164 valence electrons. The first-order valence-electron chi connectivity index (χ1n) is 11.2. The molecule has 0 spiro atoms. The van der Waals surface area contributed by atoms with E-state index in [9.17, 15) is 5.11 Å². The van der Waals surface area contributed by atoms with Gasteiger partial charge >= 0.3 is 0 Å². The molecular formula is C24H36N4O2. The van der Waals surface area contributed by atoms with Gasteiger partial charge in [-0.05, 0) is 32.0 Å². The fourth-order valence-electron chi connectivity index (χ4n) is 3.93. The summed E-state index contributed by atoms with van der Waals surface area (Å²) in [5.74, 6) is 2.83. The van der Waals surface area contributed by atoms with Crippen molar-refractivity contribution in [2.75, 3.05) is 32.1 Å². The monoisotopic (exact) mass is 412 g/mol. The maximum atomic E-state index is 9.90. The average Bonchev–Trinajstić information content (AvgIpc) is 2.78. The van der Waals surface area contributed by atoms with Gasteiger partial charge in [-0.15, -0.1) is 0 Å². The molecule has 2 aromatic rings. The summed E-state index contributed by atoms with van der Waals surface area (Å²) in [4.78, 5) is 12.1. The van der Waals surface area contributed by atoms with Gasteiger partial charge in [-0.3, -0.25) is 0 Å². The van der Waals surface area contributed by atoms with Crippen LogP contribution in [0.25, 0.3) is 11.3 Å². The highest BCUT2D eigenvalue weighted by Gasteiger charge is 2.21. The fraction of sp³-hybridized carbons (Fsp3) is 0.583. The maximum Gasteiger partial charge on any atom is 0.133 e. The molecule has 1 heterocycles. The quantitative estimate of drug-likeness (QED) is 0.649. The van der Waals surface area contributed by atoms with Crippen molar-refractivity contribution in [3.8, 4) is 17.0 Å². The molecule has 6 heteroatoms. The molecule has 0 amide bonds. The van der Waals surface area contributed by atoms with Crippen molar-refractivity contribution in [1.82, 2.24) is 15.3 Å². The van der Waals surface area contributed by atoms with E-state index in [0.29, 0.717) is 12.6 Å². The summed E-state index contributed by atoms with van der Waals surface area (Å²) in [5.41, 5.74) is 1.91. The third-order valence-corrected chi connectivity index (χ3v) is 5.74. The lowest BCUT2D eigenvalue weighted by atomic mass is 9.94. The Balaban J connectivity index is 1.85. The number of aliphatic hydroxyl groups excluding tert-OH is 1. The number of nitrogens with one attached hydrogen (secondary N) is 1. The van der Waals surface area contributed by atoms with E-state index in [4.69, 9.17) is 14.7 Å². The average molecular weight is 413 g/mol. The molecule has 1 aliphatic rings. The van der Waals surface area contributed by atoms with Crippen LogP contribution in [0.5, 0.6) is 5.75 Å². The number of anilines is 1. The molecule has 0 radical (unpaired) electrons. The summed E-state index contributed by atoms with van der Waals surface area (Å²) in [6.45, 7) is 5.01. The molecule has 1 fully saturated rings. The van der Waals surface area contributed by atoms with E-state index >= 15 is 0 Å². The van der Waals surface area contributed by atoms with Crippen molar-refractivity contribution >= 4 is 5.82 Å². The maximum absolute atomic E-state index is 9.90.